The Labute approximate surface area is 133 Å². The van der Waals surface area contributed by atoms with Crippen molar-refractivity contribution in [2.24, 2.45) is 4.99 Å². The normalized spacial score (nSPS) is 11.7. The van der Waals surface area contributed by atoms with E-state index in [0.29, 0.717) is 22.8 Å². The van der Waals surface area contributed by atoms with Gasteiger partial charge in [-0.15, -0.1) is 0 Å². The second kappa shape index (κ2) is 7.38. The highest BCUT2D eigenvalue weighted by Crippen LogP contribution is 2.17. The van der Waals surface area contributed by atoms with E-state index in [2.05, 4.69) is 4.99 Å². The van der Waals surface area contributed by atoms with Gasteiger partial charge in [0.2, 0.25) is 0 Å². The largest absolute Gasteiger partial charge is 0.462 e. The molecule has 0 aliphatic carbocycles. The van der Waals surface area contributed by atoms with Crippen molar-refractivity contribution in [1.82, 2.24) is 4.57 Å². The SMILES string of the molecule is CCOC(=O)c1sc(=Nc2cccc(C)c2)n(CCO)c1C. The summed E-state index contributed by atoms with van der Waals surface area (Å²) in [4.78, 5) is 17.8. The van der Waals surface area contributed by atoms with Gasteiger partial charge in [-0.2, -0.15) is 0 Å². The van der Waals surface area contributed by atoms with Crippen LogP contribution in [-0.4, -0.2) is 28.9 Å². The van der Waals surface area contributed by atoms with Crippen molar-refractivity contribution in [3.05, 3.63) is 45.2 Å². The minimum atomic E-state index is -0.345. The Bertz CT molecular complexity index is 731. The molecule has 0 unspecified atom stereocenters. The number of hydrogen-bond acceptors (Lipinski definition) is 5. The third-order valence-corrected chi connectivity index (χ3v) is 4.33. The average molecular weight is 320 g/mol. The van der Waals surface area contributed by atoms with E-state index in [9.17, 15) is 9.90 Å². The van der Waals surface area contributed by atoms with Gasteiger partial charge < -0.3 is 14.4 Å². The molecule has 0 bridgehead atoms. The fourth-order valence-corrected chi connectivity index (χ4v) is 3.20. The highest BCUT2D eigenvalue weighted by atomic mass is 32.1. The molecule has 1 heterocycles. The number of aromatic nitrogens is 1. The van der Waals surface area contributed by atoms with Crippen LogP contribution in [0, 0.1) is 13.8 Å². The quantitative estimate of drug-likeness (QED) is 0.861. The predicted molar refractivity (Wildman–Crippen MR) is 86.5 cm³/mol. The van der Waals surface area contributed by atoms with Crippen LogP contribution in [-0.2, 0) is 11.3 Å². The first-order chi connectivity index (χ1) is 10.6. The highest BCUT2D eigenvalue weighted by molar-refractivity contribution is 7.11. The van der Waals surface area contributed by atoms with Gasteiger partial charge in [-0.3, -0.25) is 0 Å². The Morgan fingerprint density at radius 3 is 2.82 bits per heavy atom. The predicted octanol–water partition coefficient (Wildman–Crippen LogP) is 2.57. The maximum Gasteiger partial charge on any atom is 0.350 e. The molecule has 22 heavy (non-hydrogen) atoms. The number of carbonyl (C=O) groups is 1. The number of nitrogens with zero attached hydrogens (tertiary/aromatic N) is 2. The molecule has 1 N–H and O–H groups in total. The Hall–Kier alpha value is -1.92. The van der Waals surface area contributed by atoms with E-state index >= 15 is 0 Å². The van der Waals surface area contributed by atoms with Crippen LogP contribution in [0.3, 0.4) is 0 Å². The van der Waals surface area contributed by atoms with Gasteiger partial charge in [0.1, 0.15) is 4.88 Å². The number of hydrogen-bond donors (Lipinski definition) is 1. The number of benzene rings is 1. The third kappa shape index (κ3) is 3.64. The fraction of sp³-hybridized carbons (Fsp3) is 0.375. The van der Waals surface area contributed by atoms with Crippen molar-refractivity contribution in [3.8, 4) is 0 Å². The van der Waals surface area contributed by atoms with E-state index < -0.39 is 0 Å². The molecule has 6 heteroatoms. The van der Waals surface area contributed by atoms with Crippen molar-refractivity contribution in [3.63, 3.8) is 0 Å². The zero-order valence-corrected chi connectivity index (χ0v) is 13.8. The molecular formula is C16H20N2O3S. The number of thiazole rings is 1. The molecule has 1 aromatic carbocycles. The van der Waals surface area contributed by atoms with Gasteiger partial charge >= 0.3 is 5.97 Å². The number of aryl methyl sites for hydroxylation is 1. The minimum Gasteiger partial charge on any atom is -0.462 e. The number of aliphatic hydroxyl groups is 1. The van der Waals surface area contributed by atoms with Crippen LogP contribution in [0.1, 0.15) is 27.9 Å². The van der Waals surface area contributed by atoms with E-state index in [-0.39, 0.29) is 12.6 Å². The Morgan fingerprint density at radius 2 is 2.18 bits per heavy atom. The molecule has 0 aliphatic heterocycles. The summed E-state index contributed by atoms with van der Waals surface area (Å²) < 4.78 is 6.93. The molecule has 0 atom stereocenters. The maximum absolute atomic E-state index is 12.0. The maximum atomic E-state index is 12.0. The number of esters is 1. The first-order valence-electron chi connectivity index (χ1n) is 7.16. The van der Waals surface area contributed by atoms with Crippen molar-refractivity contribution >= 4 is 23.0 Å². The van der Waals surface area contributed by atoms with E-state index in [1.165, 1.54) is 11.3 Å². The second-order valence-corrected chi connectivity index (χ2v) is 5.82. The molecule has 0 saturated carbocycles. The lowest BCUT2D eigenvalue weighted by Crippen LogP contribution is -2.18. The highest BCUT2D eigenvalue weighted by Gasteiger charge is 2.17. The van der Waals surface area contributed by atoms with Gasteiger partial charge in [0.25, 0.3) is 0 Å². The summed E-state index contributed by atoms with van der Waals surface area (Å²) >= 11 is 1.29. The average Bonchev–Trinajstić information content (AvgIpc) is 2.77. The third-order valence-electron chi connectivity index (χ3n) is 3.17. The van der Waals surface area contributed by atoms with Crippen LogP contribution in [0.4, 0.5) is 5.69 Å². The number of rotatable bonds is 5. The van der Waals surface area contributed by atoms with Gasteiger partial charge in [0.05, 0.1) is 18.9 Å². The molecule has 0 aliphatic rings. The number of carbonyl (C=O) groups excluding carboxylic acids is 1. The van der Waals surface area contributed by atoms with Crippen molar-refractivity contribution in [1.29, 1.82) is 0 Å². The summed E-state index contributed by atoms with van der Waals surface area (Å²) in [5.74, 6) is -0.345. The molecule has 0 fully saturated rings. The topological polar surface area (TPSA) is 63.8 Å². The van der Waals surface area contributed by atoms with Crippen LogP contribution in [0.25, 0.3) is 0 Å². The van der Waals surface area contributed by atoms with Crippen LogP contribution in [0.5, 0.6) is 0 Å². The first kappa shape index (κ1) is 16.5. The number of aliphatic hydroxyl groups excluding tert-OH is 1. The standard InChI is InChI=1S/C16H20N2O3S/c1-4-21-15(20)14-12(3)18(8-9-19)16(22-14)17-13-7-5-6-11(2)10-13/h5-7,10,19H,4,8-9H2,1-3H3. The van der Waals surface area contributed by atoms with Crippen molar-refractivity contribution in [2.75, 3.05) is 13.2 Å². The summed E-state index contributed by atoms with van der Waals surface area (Å²) in [6, 6.07) is 7.83. The summed E-state index contributed by atoms with van der Waals surface area (Å²) in [5.41, 5.74) is 2.71. The zero-order chi connectivity index (χ0) is 16.1. The smallest absolute Gasteiger partial charge is 0.350 e. The first-order valence-corrected chi connectivity index (χ1v) is 7.98. The second-order valence-electron chi connectivity index (χ2n) is 4.85. The zero-order valence-electron chi connectivity index (χ0n) is 13.0. The molecule has 0 spiro atoms. The molecule has 118 valence electrons. The van der Waals surface area contributed by atoms with E-state index in [0.717, 1.165) is 16.9 Å². The van der Waals surface area contributed by atoms with E-state index in [1.54, 1.807) is 6.92 Å². The molecule has 0 radical (unpaired) electrons. The van der Waals surface area contributed by atoms with E-state index in [1.807, 2.05) is 42.7 Å². The van der Waals surface area contributed by atoms with Crippen LogP contribution >= 0.6 is 11.3 Å². The lowest BCUT2D eigenvalue weighted by atomic mass is 10.2. The minimum absolute atomic E-state index is 0.0131. The molecule has 1 aromatic heterocycles. The summed E-state index contributed by atoms with van der Waals surface area (Å²) in [7, 11) is 0. The van der Waals surface area contributed by atoms with Crippen molar-refractivity contribution in [2.45, 2.75) is 27.3 Å². The van der Waals surface area contributed by atoms with Crippen molar-refractivity contribution < 1.29 is 14.6 Å². The van der Waals surface area contributed by atoms with Gasteiger partial charge in [-0.05, 0) is 38.5 Å². The lowest BCUT2D eigenvalue weighted by Gasteiger charge is -2.04. The van der Waals surface area contributed by atoms with Gasteiger partial charge in [0, 0.05) is 12.2 Å². The van der Waals surface area contributed by atoms with Crippen LogP contribution in [0.15, 0.2) is 29.3 Å². The fourth-order valence-electron chi connectivity index (χ4n) is 2.13. The lowest BCUT2D eigenvalue weighted by molar-refractivity contribution is 0.0530. The van der Waals surface area contributed by atoms with Crippen LogP contribution in [0.2, 0.25) is 0 Å². The molecule has 5 nitrogen and oxygen atoms in total. The Balaban J connectivity index is 2.54. The Kier molecular flexibility index (Phi) is 5.51. The van der Waals surface area contributed by atoms with Gasteiger partial charge in [0.15, 0.2) is 4.80 Å². The van der Waals surface area contributed by atoms with E-state index in [4.69, 9.17) is 4.74 Å². The molecule has 0 saturated heterocycles. The Morgan fingerprint density at radius 1 is 1.41 bits per heavy atom. The molecular weight excluding hydrogens is 300 g/mol. The van der Waals surface area contributed by atoms with Gasteiger partial charge in [-0.1, -0.05) is 23.5 Å². The molecule has 2 rings (SSSR count). The number of ether oxygens (including phenoxy) is 1. The summed E-state index contributed by atoms with van der Waals surface area (Å²) in [5, 5.41) is 9.26. The molecule has 0 amide bonds. The van der Waals surface area contributed by atoms with Gasteiger partial charge in [-0.25, -0.2) is 9.79 Å². The summed E-state index contributed by atoms with van der Waals surface area (Å²) in [6.07, 6.45) is 0. The molecule has 2 aromatic rings. The monoisotopic (exact) mass is 320 g/mol. The summed E-state index contributed by atoms with van der Waals surface area (Å²) in [6.45, 7) is 6.34. The van der Waals surface area contributed by atoms with Crippen LogP contribution < -0.4 is 4.80 Å².